The van der Waals surface area contributed by atoms with Crippen LogP contribution >= 0.6 is 0 Å². The molecular weight excluding hydrogens is 285 g/mol. The van der Waals surface area contributed by atoms with Crippen LogP contribution < -0.4 is 0 Å². The second kappa shape index (κ2) is 99.0. The van der Waals surface area contributed by atoms with E-state index in [1.807, 2.05) is 0 Å². The third-order valence-corrected chi connectivity index (χ3v) is 0. The van der Waals surface area contributed by atoms with Crippen LogP contribution in [-0.2, 0) is 36.5 Å². The average Bonchev–Trinajstić information content (AvgIpc) is 0. The van der Waals surface area contributed by atoms with Crippen molar-refractivity contribution < 1.29 is 63.9 Å². The molecule has 0 spiro atoms. The maximum Gasteiger partial charge on any atom is 2.00 e. The van der Waals surface area contributed by atoms with Crippen LogP contribution in [0.2, 0.25) is 0 Å². The molecule has 53 valence electrons. The summed E-state index contributed by atoms with van der Waals surface area (Å²) in [6.45, 7) is 0. The Labute approximate surface area is 145 Å². The van der Waals surface area contributed by atoms with Crippen LogP contribution in [0.15, 0.2) is 0 Å². The van der Waals surface area contributed by atoms with E-state index in [0.717, 1.165) is 0 Å². The van der Waals surface area contributed by atoms with Gasteiger partial charge in [0.25, 0.3) is 0 Å². The first-order valence-corrected chi connectivity index (χ1v) is 0. The number of halogens is 4. The Hall–Kier alpha value is 3.66. The van der Waals surface area contributed by atoms with Gasteiger partial charge in [-0.15, -0.1) is 0 Å². The Morgan fingerprint density at radius 3 is 0.667 bits per heavy atom. The van der Waals surface area contributed by atoms with E-state index in [9.17, 15) is 0 Å². The van der Waals surface area contributed by atoms with Crippen molar-refractivity contribution in [2.45, 2.75) is 0 Å². The molecule has 0 saturated heterocycles. The van der Waals surface area contributed by atoms with Gasteiger partial charge in [-0.05, 0) is 0 Å². The minimum absolute atomic E-state index is 0. The minimum atomic E-state index is 0. The standard InChI is InChI=1S/Ca.4FH.2Mg.Mn.Zn.6H/h;4*1H;;;;;;;;;;/q+2;;;;;2*+2;;;6*-1. The van der Waals surface area contributed by atoms with Crippen LogP contribution in [0.3, 0.4) is 0 Å². The molecule has 0 aliphatic carbocycles. The van der Waals surface area contributed by atoms with Crippen molar-refractivity contribution in [3.05, 3.63) is 0 Å². The number of rotatable bonds is 0. The third kappa shape index (κ3) is 81.3. The fraction of sp³-hybridized carbons (Fsp3) is 0. The van der Waals surface area contributed by atoms with E-state index in [2.05, 4.69) is 0 Å². The molecule has 9 heteroatoms. The van der Waals surface area contributed by atoms with Crippen molar-refractivity contribution in [3.8, 4) is 0 Å². The second-order valence-electron chi connectivity index (χ2n) is 0. The van der Waals surface area contributed by atoms with Crippen LogP contribution in [0.5, 0.6) is 0 Å². The predicted molar refractivity (Wildman–Crippen MR) is 33.9 cm³/mol. The van der Waals surface area contributed by atoms with Gasteiger partial charge in [0.1, 0.15) is 0 Å². The largest absolute Gasteiger partial charge is 2.00 e. The van der Waals surface area contributed by atoms with Gasteiger partial charge in [-0.2, -0.15) is 0 Å². The normalized spacial score (nSPS) is 0. The van der Waals surface area contributed by atoms with Gasteiger partial charge < -0.3 is 8.56 Å². The first kappa shape index (κ1) is 129. The van der Waals surface area contributed by atoms with Crippen LogP contribution in [0.4, 0.5) is 18.8 Å². The van der Waals surface area contributed by atoms with Gasteiger partial charge in [0.2, 0.25) is 0 Å². The summed E-state index contributed by atoms with van der Waals surface area (Å²) < 4.78 is 0. The molecule has 0 aromatic carbocycles. The van der Waals surface area contributed by atoms with E-state index in [-0.39, 0.29) is 148 Å². The zero-order valence-corrected chi connectivity index (χ0v) is 14.0. The summed E-state index contributed by atoms with van der Waals surface area (Å²) in [5.41, 5.74) is 0. The molecule has 0 heterocycles. The Morgan fingerprint density at radius 2 is 0.667 bits per heavy atom. The molecule has 0 N–H and O–H groups in total. The van der Waals surface area contributed by atoms with Crippen molar-refractivity contribution in [2.24, 2.45) is 0 Å². The molecule has 0 aliphatic rings. The molecule has 0 atom stereocenters. The summed E-state index contributed by atoms with van der Waals surface area (Å²) in [6, 6.07) is 0. The second-order valence-corrected chi connectivity index (χ2v) is 0. The summed E-state index contributed by atoms with van der Waals surface area (Å²) in [5.74, 6) is 0. The van der Waals surface area contributed by atoms with Crippen molar-refractivity contribution in [1.29, 1.82) is 0 Å². The molecule has 0 aromatic rings. The fourth-order valence-electron chi connectivity index (χ4n) is 0. The first-order chi connectivity index (χ1) is 0. The summed E-state index contributed by atoms with van der Waals surface area (Å²) in [5, 5.41) is 0. The number of hydrogen-bond donors (Lipinski definition) is 0. The van der Waals surface area contributed by atoms with E-state index in [1.54, 1.807) is 0 Å². The zero-order valence-electron chi connectivity index (χ0n) is 10.8. The van der Waals surface area contributed by atoms with Gasteiger partial charge >= 0.3 is 83.8 Å². The van der Waals surface area contributed by atoms with Crippen molar-refractivity contribution in [2.75, 3.05) is 0 Å². The fourth-order valence-corrected chi connectivity index (χ4v) is 0. The van der Waals surface area contributed by atoms with Crippen molar-refractivity contribution in [1.82, 2.24) is 0 Å². The Morgan fingerprint density at radius 1 is 0.667 bits per heavy atom. The molecule has 0 amide bonds. The number of hydrogen-bond acceptors (Lipinski definition) is 0. The van der Waals surface area contributed by atoms with Gasteiger partial charge in [-0.1, -0.05) is 0 Å². The molecule has 0 aliphatic heterocycles. The maximum atomic E-state index is 0. The van der Waals surface area contributed by atoms with Crippen LogP contribution in [-0.4, -0.2) is 83.8 Å². The molecule has 0 fully saturated rings. The molecule has 0 nitrogen and oxygen atoms in total. The molecule has 0 aromatic heterocycles. The van der Waals surface area contributed by atoms with Gasteiger partial charge in [-0.3, -0.25) is 18.8 Å². The summed E-state index contributed by atoms with van der Waals surface area (Å²) in [6.07, 6.45) is 0. The summed E-state index contributed by atoms with van der Waals surface area (Å²) >= 11 is 0. The molecule has 1 radical (unpaired) electrons. The van der Waals surface area contributed by atoms with E-state index in [4.69, 9.17) is 0 Å². The van der Waals surface area contributed by atoms with Crippen LogP contribution in [0.25, 0.3) is 0 Å². The SMILES string of the molecule is F.F.F.F.[Ca+2].[H-].[H-].[H-].[H-].[H-].[H-].[Mg+2].[Mg+2].[Mn].[Zn]. The molecular formula is H10CaF4Mg2MnZn. The topological polar surface area (TPSA) is 0 Å². The summed E-state index contributed by atoms with van der Waals surface area (Å²) in [7, 11) is 0. The van der Waals surface area contributed by atoms with Gasteiger partial charge in [0.05, 0.1) is 0 Å². The molecule has 9 heavy (non-hydrogen) atoms. The predicted octanol–water partition coefficient (Wildman–Crippen LogP) is 0.138. The van der Waals surface area contributed by atoms with Crippen LogP contribution in [0.1, 0.15) is 8.56 Å². The van der Waals surface area contributed by atoms with E-state index in [0.29, 0.717) is 0 Å². The van der Waals surface area contributed by atoms with E-state index in [1.165, 1.54) is 0 Å². The van der Waals surface area contributed by atoms with Gasteiger partial charge in [-0.25, -0.2) is 0 Å². The van der Waals surface area contributed by atoms with Gasteiger partial charge in [0.15, 0.2) is 0 Å². The summed E-state index contributed by atoms with van der Waals surface area (Å²) in [4.78, 5) is 0. The third-order valence-electron chi connectivity index (χ3n) is 0. The zero-order chi connectivity index (χ0) is 0. The Bertz CT molecular complexity index is 33.1. The van der Waals surface area contributed by atoms with E-state index < -0.39 is 0 Å². The smallest absolute Gasteiger partial charge is 1.00 e. The molecule has 0 saturated carbocycles. The average molecular weight is 295 g/mol. The molecule has 0 rings (SSSR count). The molecule has 0 bridgehead atoms. The minimum Gasteiger partial charge on any atom is -1.00 e. The quantitative estimate of drug-likeness (QED) is 0.440. The Balaban J connectivity index is 0. The Kier molecular flexibility index (Phi) is 1420. The monoisotopic (exact) mass is 293 g/mol. The molecule has 0 unspecified atom stereocenters. The van der Waals surface area contributed by atoms with E-state index >= 15 is 0 Å². The van der Waals surface area contributed by atoms with Crippen molar-refractivity contribution in [3.63, 3.8) is 0 Å². The van der Waals surface area contributed by atoms with Gasteiger partial charge in [0, 0.05) is 36.5 Å². The maximum absolute atomic E-state index is 0. The van der Waals surface area contributed by atoms with Crippen molar-refractivity contribution >= 4 is 83.8 Å². The first-order valence-electron chi connectivity index (χ1n) is 0. The van der Waals surface area contributed by atoms with Crippen LogP contribution in [0, 0.1) is 0 Å².